The van der Waals surface area contributed by atoms with Gasteiger partial charge >= 0.3 is 11.9 Å². The largest absolute Gasteiger partial charge is 0.496 e. The van der Waals surface area contributed by atoms with Crippen molar-refractivity contribution in [1.29, 1.82) is 0 Å². The summed E-state index contributed by atoms with van der Waals surface area (Å²) in [6, 6.07) is 9.05. The van der Waals surface area contributed by atoms with E-state index in [1.54, 1.807) is 19.2 Å². The van der Waals surface area contributed by atoms with Crippen LogP contribution in [0.25, 0.3) is 0 Å². The smallest absolute Gasteiger partial charge is 0.339 e. The van der Waals surface area contributed by atoms with Gasteiger partial charge in [-0.1, -0.05) is 6.07 Å². The monoisotopic (exact) mass is 453 g/mol. The summed E-state index contributed by atoms with van der Waals surface area (Å²) in [5.41, 5.74) is 0.523. The second-order valence-electron chi connectivity index (χ2n) is 6.14. The number of hydrogen-bond acceptors (Lipinski definition) is 8. The number of thioether (sulfide) groups is 1. The number of sulfonamides is 1. The van der Waals surface area contributed by atoms with Crippen LogP contribution in [0.15, 0.2) is 46.2 Å². The summed E-state index contributed by atoms with van der Waals surface area (Å²) in [5.74, 6) is -0.916. The maximum absolute atomic E-state index is 13.2. The summed E-state index contributed by atoms with van der Waals surface area (Å²) < 4.78 is 42.3. The first kappa shape index (κ1) is 23.7. The number of ether oxygens (including phenoxy) is 3. The van der Waals surface area contributed by atoms with Crippen molar-refractivity contribution < 1.29 is 32.2 Å². The van der Waals surface area contributed by atoms with Gasteiger partial charge in [-0.15, -0.1) is 11.8 Å². The zero-order valence-corrected chi connectivity index (χ0v) is 18.9. The van der Waals surface area contributed by atoms with Crippen LogP contribution < -0.4 is 4.74 Å². The SMILES string of the molecule is COC(=O)c1ccc(C(=O)OC)c(S(=O)(=O)N(C)Cc2ccc(SC)c(OC)c2)c1. The molecule has 0 bridgehead atoms. The Hall–Kier alpha value is -2.56. The molecular formula is C20H23NO7S2. The molecule has 2 rings (SSSR count). The van der Waals surface area contributed by atoms with Crippen molar-refractivity contribution in [3.05, 3.63) is 53.1 Å². The molecule has 30 heavy (non-hydrogen) atoms. The lowest BCUT2D eigenvalue weighted by Gasteiger charge is -2.20. The van der Waals surface area contributed by atoms with Crippen molar-refractivity contribution in [2.24, 2.45) is 0 Å². The first-order valence-electron chi connectivity index (χ1n) is 8.67. The summed E-state index contributed by atoms with van der Waals surface area (Å²) in [6.07, 6.45) is 1.91. The van der Waals surface area contributed by atoms with Gasteiger partial charge in [0, 0.05) is 18.5 Å². The Labute approximate surface area is 180 Å². The highest BCUT2D eigenvalue weighted by Gasteiger charge is 2.29. The van der Waals surface area contributed by atoms with Gasteiger partial charge in [0.15, 0.2) is 0 Å². The molecule has 10 heteroatoms. The fraction of sp³-hybridized carbons (Fsp3) is 0.300. The number of hydrogen-bond donors (Lipinski definition) is 0. The standard InChI is InChI=1S/C20H23NO7S2/c1-21(12-13-6-9-17(29-5)16(10-13)26-2)30(24,25)18-11-14(19(22)27-3)7-8-15(18)20(23)28-4/h6-11H,12H2,1-5H3. The van der Waals surface area contributed by atoms with Gasteiger partial charge in [0.05, 0.1) is 37.4 Å². The molecule has 2 aromatic rings. The van der Waals surface area contributed by atoms with Crippen molar-refractivity contribution in [3.63, 3.8) is 0 Å². The summed E-state index contributed by atoms with van der Waals surface area (Å²) in [5, 5.41) is 0. The quantitative estimate of drug-likeness (QED) is 0.444. The molecule has 0 aliphatic rings. The van der Waals surface area contributed by atoms with Crippen LogP contribution >= 0.6 is 11.8 Å². The first-order valence-corrected chi connectivity index (χ1v) is 11.3. The second kappa shape index (κ2) is 9.96. The van der Waals surface area contributed by atoms with Gasteiger partial charge < -0.3 is 14.2 Å². The number of carbonyl (C=O) groups excluding carboxylic acids is 2. The second-order valence-corrected chi connectivity index (χ2v) is 9.01. The highest BCUT2D eigenvalue weighted by atomic mass is 32.2. The van der Waals surface area contributed by atoms with Crippen LogP contribution in [-0.4, -0.2) is 59.3 Å². The molecule has 0 atom stereocenters. The Morgan fingerprint density at radius 2 is 1.67 bits per heavy atom. The number of carbonyl (C=O) groups is 2. The van der Waals surface area contributed by atoms with Crippen molar-refractivity contribution in [1.82, 2.24) is 4.31 Å². The average Bonchev–Trinajstić information content (AvgIpc) is 2.77. The van der Waals surface area contributed by atoms with E-state index in [1.165, 1.54) is 38.1 Å². The highest BCUT2D eigenvalue weighted by molar-refractivity contribution is 7.98. The van der Waals surface area contributed by atoms with Crippen LogP contribution in [-0.2, 0) is 26.0 Å². The zero-order valence-electron chi connectivity index (χ0n) is 17.3. The first-order chi connectivity index (χ1) is 14.2. The normalized spacial score (nSPS) is 11.3. The van der Waals surface area contributed by atoms with E-state index in [-0.39, 0.29) is 22.6 Å². The van der Waals surface area contributed by atoms with Gasteiger partial charge in [0.2, 0.25) is 10.0 Å². The fourth-order valence-corrected chi connectivity index (χ4v) is 4.66. The van der Waals surface area contributed by atoms with E-state index in [9.17, 15) is 18.0 Å². The fourth-order valence-electron chi connectivity index (χ4n) is 2.75. The van der Waals surface area contributed by atoms with Crippen molar-refractivity contribution >= 4 is 33.7 Å². The van der Waals surface area contributed by atoms with Crippen molar-refractivity contribution in [3.8, 4) is 5.75 Å². The van der Waals surface area contributed by atoms with E-state index in [0.717, 1.165) is 22.4 Å². The van der Waals surface area contributed by atoms with Crippen LogP contribution in [0.3, 0.4) is 0 Å². The summed E-state index contributed by atoms with van der Waals surface area (Å²) in [7, 11) is 1.12. The molecule has 0 aliphatic carbocycles. The molecule has 0 fully saturated rings. The van der Waals surface area contributed by atoms with Crippen LogP contribution in [0.5, 0.6) is 5.75 Å². The Balaban J connectivity index is 2.48. The number of methoxy groups -OCH3 is 3. The molecule has 0 heterocycles. The van der Waals surface area contributed by atoms with E-state index in [2.05, 4.69) is 4.74 Å². The van der Waals surface area contributed by atoms with Crippen LogP contribution in [0, 0.1) is 0 Å². The average molecular weight is 454 g/mol. The molecule has 0 unspecified atom stereocenters. The third-order valence-electron chi connectivity index (χ3n) is 4.35. The minimum atomic E-state index is -4.14. The maximum atomic E-state index is 13.2. The van der Waals surface area contributed by atoms with E-state index >= 15 is 0 Å². The molecule has 162 valence electrons. The molecule has 0 radical (unpaired) electrons. The highest BCUT2D eigenvalue weighted by Crippen LogP contribution is 2.30. The molecule has 0 N–H and O–H groups in total. The van der Waals surface area contributed by atoms with E-state index < -0.39 is 22.0 Å². The lowest BCUT2D eigenvalue weighted by Crippen LogP contribution is -2.28. The molecule has 2 aromatic carbocycles. The number of esters is 2. The van der Waals surface area contributed by atoms with E-state index in [4.69, 9.17) is 9.47 Å². The Morgan fingerprint density at radius 1 is 1.00 bits per heavy atom. The molecule has 0 aliphatic heterocycles. The van der Waals surface area contributed by atoms with E-state index in [0.29, 0.717) is 11.3 Å². The van der Waals surface area contributed by atoms with Crippen LogP contribution in [0.1, 0.15) is 26.3 Å². The van der Waals surface area contributed by atoms with Gasteiger partial charge in [-0.3, -0.25) is 0 Å². The Morgan fingerprint density at radius 3 is 2.23 bits per heavy atom. The Bertz CT molecular complexity index is 1050. The third kappa shape index (κ3) is 4.94. The minimum Gasteiger partial charge on any atom is -0.496 e. The number of nitrogens with zero attached hydrogens (tertiary/aromatic N) is 1. The lowest BCUT2D eigenvalue weighted by molar-refractivity contribution is 0.0583. The molecule has 0 saturated heterocycles. The Kier molecular flexibility index (Phi) is 7.88. The molecule has 8 nitrogen and oxygen atoms in total. The van der Waals surface area contributed by atoms with Gasteiger partial charge in [-0.05, 0) is 42.2 Å². The topological polar surface area (TPSA) is 99.2 Å². The molecule has 0 saturated carbocycles. The van der Waals surface area contributed by atoms with Gasteiger partial charge in [0.25, 0.3) is 0 Å². The minimum absolute atomic E-state index is 0.00289. The van der Waals surface area contributed by atoms with E-state index in [1.807, 2.05) is 12.3 Å². The van der Waals surface area contributed by atoms with Crippen molar-refractivity contribution in [2.75, 3.05) is 34.6 Å². The predicted octanol–water partition coefficient (Wildman–Crippen LogP) is 2.81. The maximum Gasteiger partial charge on any atom is 0.339 e. The molecule has 0 spiro atoms. The van der Waals surface area contributed by atoms with Gasteiger partial charge in [-0.2, -0.15) is 4.31 Å². The zero-order chi connectivity index (χ0) is 22.5. The van der Waals surface area contributed by atoms with Crippen molar-refractivity contribution in [2.45, 2.75) is 16.3 Å². The van der Waals surface area contributed by atoms with Crippen LogP contribution in [0.2, 0.25) is 0 Å². The lowest BCUT2D eigenvalue weighted by atomic mass is 10.1. The number of rotatable bonds is 8. The third-order valence-corrected chi connectivity index (χ3v) is 6.97. The summed E-state index contributed by atoms with van der Waals surface area (Å²) >= 11 is 1.51. The predicted molar refractivity (Wildman–Crippen MR) is 113 cm³/mol. The number of benzene rings is 2. The molecular weight excluding hydrogens is 430 g/mol. The molecule has 0 amide bonds. The van der Waals surface area contributed by atoms with Gasteiger partial charge in [0.1, 0.15) is 5.75 Å². The summed E-state index contributed by atoms with van der Waals surface area (Å²) in [4.78, 5) is 24.6. The summed E-state index contributed by atoms with van der Waals surface area (Å²) in [6.45, 7) is 0.0242. The van der Waals surface area contributed by atoms with Crippen LogP contribution in [0.4, 0.5) is 0 Å². The molecule has 0 aromatic heterocycles. The van der Waals surface area contributed by atoms with Gasteiger partial charge in [-0.25, -0.2) is 18.0 Å².